The van der Waals surface area contributed by atoms with Crippen LogP contribution in [0.4, 0.5) is 0 Å². The van der Waals surface area contributed by atoms with Gasteiger partial charge in [-0.2, -0.15) is 5.26 Å². The van der Waals surface area contributed by atoms with E-state index in [1.807, 2.05) is 20.8 Å². The molecular formula is C12H16N4. The van der Waals surface area contributed by atoms with Crippen LogP contribution in [0, 0.1) is 30.6 Å². The van der Waals surface area contributed by atoms with E-state index >= 15 is 0 Å². The molecule has 0 aliphatic heterocycles. The first-order valence-electron chi connectivity index (χ1n) is 5.04. The van der Waals surface area contributed by atoms with E-state index < -0.39 is 0 Å². The number of rotatable bonds is 1. The van der Waals surface area contributed by atoms with Gasteiger partial charge in [-0.3, -0.25) is 10.4 Å². The Bertz CT molecular complexity index is 556. The van der Waals surface area contributed by atoms with Gasteiger partial charge in [0.2, 0.25) is 0 Å². The quantitative estimate of drug-likeness (QED) is 0.709. The van der Waals surface area contributed by atoms with Crippen molar-refractivity contribution in [2.45, 2.75) is 20.8 Å². The Morgan fingerprint density at radius 3 is 2.44 bits per heavy atom. The second-order valence-electron chi connectivity index (χ2n) is 3.79. The van der Waals surface area contributed by atoms with Crippen LogP contribution in [0.25, 0.3) is 0 Å². The maximum absolute atomic E-state index is 9.07. The molecule has 0 bridgehead atoms. The Morgan fingerprint density at radius 2 is 2.00 bits per heavy atom. The minimum absolute atomic E-state index is 0.255. The average molecular weight is 216 g/mol. The molecule has 1 rings (SSSR count). The highest BCUT2D eigenvalue weighted by molar-refractivity contribution is 6.01. The first-order valence-corrected chi connectivity index (χ1v) is 5.04. The zero-order valence-electron chi connectivity index (χ0n) is 10.3. The molecule has 0 spiro atoms. The molecule has 1 heterocycles. The highest BCUT2D eigenvalue weighted by Crippen LogP contribution is 2.15. The van der Waals surface area contributed by atoms with Gasteiger partial charge in [0.05, 0.1) is 5.56 Å². The van der Waals surface area contributed by atoms with Crippen molar-refractivity contribution in [2.24, 2.45) is 12.0 Å². The maximum atomic E-state index is 9.07. The normalized spacial score (nSPS) is 11.4. The summed E-state index contributed by atoms with van der Waals surface area (Å²) in [6.45, 7) is 5.73. The zero-order valence-corrected chi connectivity index (χ0v) is 10.3. The lowest BCUT2D eigenvalue weighted by atomic mass is 9.99. The number of pyridine rings is 1. The summed E-state index contributed by atoms with van der Waals surface area (Å²) in [4.78, 5) is 4.16. The fourth-order valence-electron chi connectivity index (χ4n) is 1.86. The van der Waals surface area contributed by atoms with Gasteiger partial charge in [0.25, 0.3) is 0 Å². The minimum Gasteiger partial charge on any atom is -0.332 e. The van der Waals surface area contributed by atoms with E-state index in [2.05, 4.69) is 11.1 Å². The fourth-order valence-corrected chi connectivity index (χ4v) is 1.86. The van der Waals surface area contributed by atoms with Crippen molar-refractivity contribution < 1.29 is 0 Å². The molecule has 1 N–H and O–H groups in total. The molecule has 0 saturated carbocycles. The highest BCUT2D eigenvalue weighted by atomic mass is 15.0. The number of hydrogen-bond acceptors (Lipinski definition) is 3. The fraction of sp³-hybridized carbons (Fsp3) is 0.417. The monoisotopic (exact) mass is 216 g/mol. The first-order chi connectivity index (χ1) is 7.45. The van der Waals surface area contributed by atoms with E-state index in [9.17, 15) is 0 Å². The Labute approximate surface area is 95.4 Å². The van der Waals surface area contributed by atoms with Crippen LogP contribution in [-0.2, 0) is 7.05 Å². The molecule has 0 atom stereocenters. The molecule has 1 aromatic rings. The second-order valence-corrected chi connectivity index (χ2v) is 3.79. The Morgan fingerprint density at radius 1 is 1.44 bits per heavy atom. The number of nitriles is 1. The van der Waals surface area contributed by atoms with E-state index in [-0.39, 0.29) is 5.49 Å². The van der Waals surface area contributed by atoms with Crippen molar-refractivity contribution in [1.29, 1.82) is 10.7 Å². The van der Waals surface area contributed by atoms with Crippen LogP contribution in [0.5, 0.6) is 0 Å². The molecule has 4 heteroatoms. The van der Waals surface area contributed by atoms with Gasteiger partial charge in [0.1, 0.15) is 11.6 Å². The maximum Gasteiger partial charge on any atom is 0.143 e. The number of nitrogens with zero attached hydrogens (tertiary/aromatic N) is 3. The van der Waals surface area contributed by atoms with Gasteiger partial charge in [-0.1, -0.05) is 0 Å². The molecule has 1 aromatic heterocycles. The van der Waals surface area contributed by atoms with Gasteiger partial charge in [-0.25, -0.2) is 0 Å². The van der Waals surface area contributed by atoms with Crippen LogP contribution in [0.3, 0.4) is 0 Å². The predicted molar refractivity (Wildman–Crippen MR) is 63.6 cm³/mol. The molecule has 0 fully saturated rings. The van der Waals surface area contributed by atoms with Gasteiger partial charge >= 0.3 is 0 Å². The van der Waals surface area contributed by atoms with Crippen LogP contribution < -0.4 is 5.49 Å². The van der Waals surface area contributed by atoms with Crippen molar-refractivity contribution in [2.75, 3.05) is 7.05 Å². The van der Waals surface area contributed by atoms with Gasteiger partial charge in [-0.05, 0) is 26.3 Å². The molecule has 0 aromatic carbocycles. The van der Waals surface area contributed by atoms with Crippen molar-refractivity contribution in [3.63, 3.8) is 0 Å². The second kappa shape index (κ2) is 4.31. The minimum atomic E-state index is 0.255. The van der Waals surface area contributed by atoms with Crippen LogP contribution in [0.15, 0.2) is 4.99 Å². The highest BCUT2D eigenvalue weighted by Gasteiger charge is 2.14. The van der Waals surface area contributed by atoms with E-state index in [1.54, 1.807) is 18.7 Å². The molecule has 16 heavy (non-hydrogen) atoms. The summed E-state index contributed by atoms with van der Waals surface area (Å²) in [5.41, 5.74) is 4.34. The zero-order chi connectivity index (χ0) is 12.5. The molecule has 0 aliphatic rings. The Kier molecular flexibility index (Phi) is 3.28. The summed E-state index contributed by atoms with van der Waals surface area (Å²) in [6.07, 6.45) is 0. The summed E-state index contributed by atoms with van der Waals surface area (Å²) in [7, 11) is 3.53. The third-order valence-corrected chi connectivity index (χ3v) is 3.00. The molecule has 0 aliphatic carbocycles. The van der Waals surface area contributed by atoms with E-state index in [1.165, 1.54) is 0 Å². The molecule has 0 radical (unpaired) electrons. The van der Waals surface area contributed by atoms with Crippen LogP contribution in [0.2, 0.25) is 0 Å². The first kappa shape index (κ1) is 12.2. The molecule has 0 unspecified atom stereocenters. The topological polar surface area (TPSA) is 64.9 Å². The molecule has 4 nitrogen and oxygen atoms in total. The molecular weight excluding hydrogens is 200 g/mol. The van der Waals surface area contributed by atoms with Crippen molar-refractivity contribution >= 4 is 5.71 Å². The van der Waals surface area contributed by atoms with Crippen LogP contribution in [-0.4, -0.2) is 17.3 Å². The SMILES string of the molecule is CN=C(C)c1c(C)c(C#N)c(=N)n(C)c1C. The van der Waals surface area contributed by atoms with E-state index in [0.717, 1.165) is 22.5 Å². The van der Waals surface area contributed by atoms with E-state index in [4.69, 9.17) is 10.7 Å². The summed E-state index contributed by atoms with van der Waals surface area (Å²) in [5, 5.41) is 16.9. The Balaban J connectivity index is 3.85. The van der Waals surface area contributed by atoms with Crippen LogP contribution >= 0.6 is 0 Å². The van der Waals surface area contributed by atoms with Gasteiger partial charge in [0.15, 0.2) is 0 Å². The number of hydrogen-bond donors (Lipinski definition) is 1. The van der Waals surface area contributed by atoms with Gasteiger partial charge in [-0.15, -0.1) is 0 Å². The van der Waals surface area contributed by atoms with Crippen LogP contribution in [0.1, 0.15) is 29.3 Å². The summed E-state index contributed by atoms with van der Waals surface area (Å²) >= 11 is 0. The van der Waals surface area contributed by atoms with Crippen molar-refractivity contribution in [3.8, 4) is 6.07 Å². The third-order valence-electron chi connectivity index (χ3n) is 3.00. The van der Waals surface area contributed by atoms with E-state index in [0.29, 0.717) is 5.56 Å². The third kappa shape index (κ3) is 1.65. The van der Waals surface area contributed by atoms with Crippen molar-refractivity contribution in [1.82, 2.24) is 4.57 Å². The molecule has 84 valence electrons. The number of nitrogens with one attached hydrogen (secondary N) is 1. The number of aromatic nitrogens is 1. The lowest BCUT2D eigenvalue weighted by Crippen LogP contribution is -2.26. The van der Waals surface area contributed by atoms with Gasteiger partial charge < -0.3 is 4.57 Å². The summed E-state index contributed by atoms with van der Waals surface area (Å²) in [6, 6.07) is 2.09. The molecule has 0 saturated heterocycles. The Hall–Kier alpha value is -1.89. The smallest absolute Gasteiger partial charge is 0.143 e. The lowest BCUT2D eigenvalue weighted by Gasteiger charge is -2.15. The largest absolute Gasteiger partial charge is 0.332 e. The number of aliphatic imine (C=N–C) groups is 1. The lowest BCUT2D eigenvalue weighted by molar-refractivity contribution is 0.770. The average Bonchev–Trinajstić information content (AvgIpc) is 2.27. The van der Waals surface area contributed by atoms with Crippen molar-refractivity contribution in [3.05, 3.63) is 27.9 Å². The summed E-state index contributed by atoms with van der Waals surface area (Å²) < 4.78 is 1.72. The van der Waals surface area contributed by atoms with Gasteiger partial charge in [0, 0.05) is 31.1 Å². The predicted octanol–water partition coefficient (Wildman–Crippen LogP) is 1.43. The molecule has 0 amide bonds. The summed E-state index contributed by atoms with van der Waals surface area (Å²) in [5.74, 6) is 0. The standard InChI is InChI=1S/C12H16N4/c1-7-10(6-13)12(14)16(5)9(3)11(7)8(2)15-4/h14H,1-5H3.